The topological polar surface area (TPSA) is 44.8 Å². The summed E-state index contributed by atoms with van der Waals surface area (Å²) in [5, 5.41) is 0. The van der Waals surface area contributed by atoms with Gasteiger partial charge < -0.3 is 14.0 Å². The summed E-state index contributed by atoms with van der Waals surface area (Å²) in [4.78, 5) is 11.1. The van der Waals surface area contributed by atoms with Crippen molar-refractivity contribution in [2.75, 3.05) is 0 Å². The van der Waals surface area contributed by atoms with Gasteiger partial charge in [0.05, 0.1) is 11.4 Å². The smallest absolute Gasteiger partial charge is 0.505 e. The van der Waals surface area contributed by atoms with Crippen molar-refractivity contribution in [1.29, 1.82) is 0 Å². The number of hydrogen-bond donors (Lipinski definition) is 0. The standard InChI is InChI=1S/C15H25BO4/c1-12-11-15(3,20-16(18-12)19-13(2)17)14-9-7-5-4-6-8-10-14/h11,14H,4-10H2,1-3H3. The van der Waals surface area contributed by atoms with Crippen LogP contribution in [0.15, 0.2) is 11.8 Å². The zero-order chi connectivity index (χ0) is 14.6. The number of hydrogen-bond acceptors (Lipinski definition) is 4. The Morgan fingerprint density at radius 3 is 2.50 bits per heavy atom. The second-order valence-corrected chi connectivity index (χ2v) is 6.11. The lowest BCUT2D eigenvalue weighted by Crippen LogP contribution is -2.47. The van der Waals surface area contributed by atoms with Crippen LogP contribution >= 0.6 is 0 Å². The molecule has 0 saturated heterocycles. The van der Waals surface area contributed by atoms with E-state index < -0.39 is 12.9 Å². The van der Waals surface area contributed by atoms with E-state index in [1.165, 1.54) is 39.0 Å². The van der Waals surface area contributed by atoms with Gasteiger partial charge >= 0.3 is 7.32 Å². The molecule has 1 heterocycles. The van der Waals surface area contributed by atoms with Crippen LogP contribution < -0.4 is 0 Å². The average molecular weight is 280 g/mol. The molecule has 1 aliphatic heterocycles. The molecule has 0 aromatic heterocycles. The van der Waals surface area contributed by atoms with Gasteiger partial charge in [0.25, 0.3) is 5.97 Å². The maximum absolute atomic E-state index is 11.1. The van der Waals surface area contributed by atoms with E-state index in [1.807, 2.05) is 13.0 Å². The summed E-state index contributed by atoms with van der Waals surface area (Å²) in [5.74, 6) is 0.844. The molecule has 1 aliphatic carbocycles. The van der Waals surface area contributed by atoms with Crippen molar-refractivity contribution in [2.45, 2.75) is 71.3 Å². The van der Waals surface area contributed by atoms with Gasteiger partial charge in [0.15, 0.2) is 0 Å². The minimum absolute atomic E-state index is 0.385. The first-order chi connectivity index (χ1) is 9.49. The number of carbonyl (C=O) groups excluding carboxylic acids is 1. The monoisotopic (exact) mass is 280 g/mol. The van der Waals surface area contributed by atoms with E-state index in [9.17, 15) is 4.79 Å². The fourth-order valence-corrected chi connectivity index (χ4v) is 3.28. The molecule has 5 heteroatoms. The molecule has 112 valence electrons. The highest BCUT2D eigenvalue weighted by atomic mass is 16.8. The van der Waals surface area contributed by atoms with Crippen molar-refractivity contribution in [2.24, 2.45) is 5.92 Å². The first-order valence-corrected chi connectivity index (χ1v) is 7.71. The van der Waals surface area contributed by atoms with Gasteiger partial charge in [0.2, 0.25) is 0 Å². The summed E-state index contributed by atoms with van der Waals surface area (Å²) in [6.45, 7) is 5.34. The average Bonchev–Trinajstić information content (AvgIpc) is 2.24. The van der Waals surface area contributed by atoms with Gasteiger partial charge in [-0.2, -0.15) is 0 Å². The lowest BCUT2D eigenvalue weighted by molar-refractivity contribution is -0.137. The fraction of sp³-hybridized carbons (Fsp3) is 0.800. The van der Waals surface area contributed by atoms with E-state index in [4.69, 9.17) is 14.0 Å². The molecule has 4 nitrogen and oxygen atoms in total. The Kier molecular flexibility index (Phi) is 5.14. The summed E-state index contributed by atoms with van der Waals surface area (Å²) < 4.78 is 16.5. The van der Waals surface area contributed by atoms with Gasteiger partial charge in [-0.1, -0.05) is 32.1 Å². The summed E-state index contributed by atoms with van der Waals surface area (Å²) in [6.07, 6.45) is 10.8. The van der Waals surface area contributed by atoms with E-state index in [0.717, 1.165) is 18.6 Å². The molecular weight excluding hydrogens is 255 g/mol. The molecular formula is C15H25BO4. The van der Waals surface area contributed by atoms with Crippen molar-refractivity contribution >= 4 is 13.3 Å². The zero-order valence-corrected chi connectivity index (χ0v) is 12.8. The first-order valence-electron chi connectivity index (χ1n) is 7.71. The third-order valence-electron chi connectivity index (χ3n) is 4.30. The molecule has 0 spiro atoms. The van der Waals surface area contributed by atoms with Crippen molar-refractivity contribution in [3.05, 3.63) is 11.8 Å². The molecule has 0 radical (unpaired) electrons. The minimum atomic E-state index is -0.909. The predicted molar refractivity (Wildman–Crippen MR) is 77.7 cm³/mol. The molecule has 0 bridgehead atoms. The number of allylic oxidation sites excluding steroid dienone is 1. The van der Waals surface area contributed by atoms with Gasteiger partial charge in [-0.25, -0.2) is 0 Å². The quantitative estimate of drug-likeness (QED) is 0.725. The minimum Gasteiger partial charge on any atom is -0.505 e. The maximum Gasteiger partial charge on any atom is 0.790 e. The third-order valence-corrected chi connectivity index (χ3v) is 4.30. The van der Waals surface area contributed by atoms with E-state index in [-0.39, 0.29) is 5.97 Å². The Morgan fingerprint density at radius 2 is 1.90 bits per heavy atom. The summed E-state index contributed by atoms with van der Waals surface area (Å²) in [7, 11) is -0.909. The zero-order valence-electron chi connectivity index (χ0n) is 12.8. The Hall–Kier alpha value is -0.965. The van der Waals surface area contributed by atoms with Crippen LogP contribution in [-0.4, -0.2) is 18.9 Å². The van der Waals surface area contributed by atoms with Crippen LogP contribution in [0, 0.1) is 5.92 Å². The van der Waals surface area contributed by atoms with Gasteiger partial charge in [-0.05, 0) is 38.7 Å². The molecule has 1 fully saturated rings. The Balaban J connectivity index is 2.09. The van der Waals surface area contributed by atoms with Gasteiger partial charge in [0.1, 0.15) is 0 Å². The summed E-state index contributed by atoms with van der Waals surface area (Å²) in [5.41, 5.74) is -0.403. The highest BCUT2D eigenvalue weighted by molar-refractivity contribution is 6.40. The second kappa shape index (κ2) is 6.66. The summed E-state index contributed by atoms with van der Waals surface area (Å²) in [6, 6.07) is 0. The van der Waals surface area contributed by atoms with Crippen molar-refractivity contribution in [3.8, 4) is 0 Å². The van der Waals surface area contributed by atoms with Gasteiger partial charge in [-0.15, -0.1) is 0 Å². The van der Waals surface area contributed by atoms with Crippen LogP contribution in [0.5, 0.6) is 0 Å². The normalized spacial score (nSPS) is 28.9. The van der Waals surface area contributed by atoms with Crippen molar-refractivity contribution < 1.29 is 18.8 Å². The van der Waals surface area contributed by atoms with Crippen LogP contribution in [0.4, 0.5) is 0 Å². The first kappa shape index (κ1) is 15.4. The highest BCUT2D eigenvalue weighted by Gasteiger charge is 2.45. The Bertz CT molecular complexity index is 374. The third kappa shape index (κ3) is 4.01. The van der Waals surface area contributed by atoms with Crippen molar-refractivity contribution in [1.82, 2.24) is 0 Å². The lowest BCUT2D eigenvalue weighted by atomic mass is 9.77. The van der Waals surface area contributed by atoms with E-state index in [0.29, 0.717) is 5.92 Å². The molecule has 1 saturated carbocycles. The van der Waals surface area contributed by atoms with Crippen molar-refractivity contribution in [3.63, 3.8) is 0 Å². The fourth-order valence-electron chi connectivity index (χ4n) is 3.28. The van der Waals surface area contributed by atoms with E-state index in [1.54, 1.807) is 0 Å². The molecule has 0 N–H and O–H groups in total. The molecule has 0 aromatic rings. The van der Waals surface area contributed by atoms with Crippen LogP contribution in [-0.2, 0) is 18.8 Å². The molecule has 1 atom stereocenters. The Morgan fingerprint density at radius 1 is 1.30 bits per heavy atom. The molecule has 2 aliphatic rings. The predicted octanol–water partition coefficient (Wildman–Crippen LogP) is 3.60. The number of rotatable bonds is 2. The SMILES string of the molecule is CC(=O)OB1OC(C)=CC(C)(C2CCCCCCC2)O1. The molecule has 0 aromatic carbocycles. The molecule has 1 unspecified atom stereocenters. The van der Waals surface area contributed by atoms with E-state index >= 15 is 0 Å². The van der Waals surface area contributed by atoms with Gasteiger partial charge in [0, 0.05) is 6.92 Å². The number of carbonyl (C=O) groups is 1. The Labute approximate surface area is 122 Å². The second-order valence-electron chi connectivity index (χ2n) is 6.11. The van der Waals surface area contributed by atoms with Gasteiger partial charge in [-0.3, -0.25) is 4.79 Å². The highest BCUT2D eigenvalue weighted by Crippen LogP contribution is 2.38. The molecule has 2 rings (SSSR count). The lowest BCUT2D eigenvalue weighted by Gasteiger charge is -2.40. The van der Waals surface area contributed by atoms with Crippen LogP contribution in [0.25, 0.3) is 0 Å². The summed E-state index contributed by atoms with van der Waals surface area (Å²) >= 11 is 0. The maximum atomic E-state index is 11.1. The molecule has 20 heavy (non-hydrogen) atoms. The molecule has 0 amide bonds. The van der Waals surface area contributed by atoms with Crippen LogP contribution in [0.2, 0.25) is 0 Å². The van der Waals surface area contributed by atoms with Crippen LogP contribution in [0.1, 0.15) is 65.7 Å². The van der Waals surface area contributed by atoms with Crippen LogP contribution in [0.3, 0.4) is 0 Å². The van der Waals surface area contributed by atoms with E-state index in [2.05, 4.69) is 6.92 Å². The largest absolute Gasteiger partial charge is 0.790 e.